The molecule has 0 atom stereocenters. The number of urea groups is 1. The summed E-state index contributed by atoms with van der Waals surface area (Å²) in [7, 11) is 1.29. The van der Waals surface area contributed by atoms with Gasteiger partial charge in [-0.1, -0.05) is 18.2 Å². The van der Waals surface area contributed by atoms with Gasteiger partial charge in [-0.25, -0.2) is 14.0 Å². The Morgan fingerprint density at radius 2 is 1.69 bits per heavy atom. The minimum atomic E-state index is -0.519. The molecule has 3 N–H and O–H groups in total. The summed E-state index contributed by atoms with van der Waals surface area (Å²) in [5, 5.41) is 8.34. The summed E-state index contributed by atoms with van der Waals surface area (Å²) in [4.78, 5) is 39.6. The zero-order chi connectivity index (χ0) is 25.5. The number of methoxy groups -OCH3 is 1. The maximum Gasteiger partial charge on any atom is 0.337 e. The SMILES string of the molecule is COC(=O)c1cccc(NC(=O)Nc2cc(C(=O)NCc3cccc(F)c3)ccc2N2CCCC2)c1. The predicted octanol–water partition coefficient (Wildman–Crippen LogP) is 4.79. The van der Waals surface area contributed by atoms with Gasteiger partial charge in [-0.15, -0.1) is 0 Å². The van der Waals surface area contributed by atoms with Gasteiger partial charge in [-0.3, -0.25) is 4.79 Å². The van der Waals surface area contributed by atoms with Crippen LogP contribution in [0.3, 0.4) is 0 Å². The molecule has 1 aliphatic heterocycles. The first-order valence-electron chi connectivity index (χ1n) is 11.6. The van der Waals surface area contributed by atoms with Crippen LogP contribution in [0, 0.1) is 5.82 Å². The second kappa shape index (κ2) is 11.4. The number of halogens is 1. The summed E-state index contributed by atoms with van der Waals surface area (Å²) in [5.41, 5.74) is 3.03. The van der Waals surface area contributed by atoms with Crippen molar-refractivity contribution < 1.29 is 23.5 Å². The first kappa shape index (κ1) is 24.7. The number of hydrogen-bond acceptors (Lipinski definition) is 5. The van der Waals surface area contributed by atoms with Gasteiger partial charge >= 0.3 is 12.0 Å². The molecule has 0 aliphatic carbocycles. The van der Waals surface area contributed by atoms with Crippen molar-refractivity contribution in [1.82, 2.24) is 5.32 Å². The number of benzene rings is 3. The van der Waals surface area contributed by atoms with Gasteiger partial charge in [-0.2, -0.15) is 0 Å². The first-order valence-corrected chi connectivity index (χ1v) is 11.6. The Labute approximate surface area is 208 Å². The van der Waals surface area contributed by atoms with E-state index in [0.29, 0.717) is 28.1 Å². The van der Waals surface area contributed by atoms with E-state index in [1.165, 1.54) is 25.3 Å². The van der Waals surface area contributed by atoms with Crippen LogP contribution in [0.25, 0.3) is 0 Å². The molecule has 186 valence electrons. The van der Waals surface area contributed by atoms with E-state index in [9.17, 15) is 18.8 Å². The van der Waals surface area contributed by atoms with Crippen molar-refractivity contribution >= 4 is 35.0 Å². The largest absolute Gasteiger partial charge is 0.465 e. The molecule has 3 aromatic rings. The molecule has 4 rings (SSSR count). The molecule has 0 unspecified atom stereocenters. The molecule has 0 saturated carbocycles. The monoisotopic (exact) mass is 490 g/mol. The molecule has 1 fully saturated rings. The Hall–Kier alpha value is -4.40. The molecule has 3 amide bonds. The summed E-state index contributed by atoms with van der Waals surface area (Å²) in [6, 6.07) is 17.1. The number of amides is 3. The Bertz CT molecular complexity index is 1270. The van der Waals surface area contributed by atoms with E-state index in [0.717, 1.165) is 31.6 Å². The number of carbonyl (C=O) groups excluding carboxylic acids is 3. The summed E-state index contributed by atoms with van der Waals surface area (Å²) in [5.74, 6) is -1.22. The highest BCUT2D eigenvalue weighted by molar-refractivity contribution is 6.04. The standard InChI is InChI=1S/C27H27FN4O4/c1-36-26(34)20-7-5-9-22(15-20)30-27(35)31-23-16-19(10-11-24(23)32-12-2-3-13-32)25(33)29-17-18-6-4-8-21(28)14-18/h4-11,14-16H,2-3,12-13,17H2,1H3,(H,29,33)(H2,30,31,35). The number of carbonyl (C=O) groups is 3. The van der Waals surface area contributed by atoms with Gasteiger partial charge in [0.25, 0.3) is 5.91 Å². The maximum atomic E-state index is 13.4. The lowest BCUT2D eigenvalue weighted by Crippen LogP contribution is -2.26. The van der Waals surface area contributed by atoms with Crippen LogP contribution in [-0.2, 0) is 11.3 Å². The molecule has 9 heteroatoms. The highest BCUT2D eigenvalue weighted by Gasteiger charge is 2.19. The lowest BCUT2D eigenvalue weighted by molar-refractivity contribution is 0.0600. The quantitative estimate of drug-likeness (QED) is 0.414. The number of anilines is 3. The summed E-state index contributed by atoms with van der Waals surface area (Å²) in [6.45, 7) is 1.87. The Morgan fingerprint density at radius 1 is 0.917 bits per heavy atom. The minimum absolute atomic E-state index is 0.171. The van der Waals surface area contributed by atoms with Crippen LogP contribution in [0.5, 0.6) is 0 Å². The fraction of sp³-hybridized carbons (Fsp3) is 0.222. The van der Waals surface area contributed by atoms with Crippen molar-refractivity contribution in [2.24, 2.45) is 0 Å². The highest BCUT2D eigenvalue weighted by atomic mass is 19.1. The van der Waals surface area contributed by atoms with Crippen molar-refractivity contribution in [3.63, 3.8) is 0 Å². The molecule has 0 radical (unpaired) electrons. The molecular formula is C27H27FN4O4. The molecule has 0 aromatic heterocycles. The third-order valence-corrected chi connectivity index (χ3v) is 5.84. The third kappa shape index (κ3) is 6.18. The summed E-state index contributed by atoms with van der Waals surface area (Å²) in [6.07, 6.45) is 2.09. The molecule has 0 bridgehead atoms. The van der Waals surface area contributed by atoms with E-state index in [1.54, 1.807) is 42.5 Å². The molecule has 0 spiro atoms. The first-order chi connectivity index (χ1) is 17.4. The van der Waals surface area contributed by atoms with E-state index in [2.05, 4.69) is 20.9 Å². The molecular weight excluding hydrogens is 463 g/mol. The number of ether oxygens (including phenoxy) is 1. The van der Waals surface area contributed by atoms with Gasteiger partial charge in [0.1, 0.15) is 5.82 Å². The van der Waals surface area contributed by atoms with Gasteiger partial charge in [0.15, 0.2) is 0 Å². The minimum Gasteiger partial charge on any atom is -0.465 e. The molecule has 1 heterocycles. The normalized spacial score (nSPS) is 12.7. The molecule has 36 heavy (non-hydrogen) atoms. The van der Waals surface area contributed by atoms with Crippen molar-refractivity contribution in [3.8, 4) is 0 Å². The van der Waals surface area contributed by atoms with Crippen LogP contribution in [-0.4, -0.2) is 38.1 Å². The Balaban J connectivity index is 1.50. The lowest BCUT2D eigenvalue weighted by atomic mass is 10.1. The van der Waals surface area contributed by atoms with E-state index in [1.807, 2.05) is 6.07 Å². The van der Waals surface area contributed by atoms with Crippen LogP contribution in [0.4, 0.5) is 26.2 Å². The van der Waals surface area contributed by atoms with Gasteiger partial charge in [0.05, 0.1) is 24.0 Å². The number of rotatable bonds is 7. The Morgan fingerprint density at radius 3 is 2.44 bits per heavy atom. The van der Waals surface area contributed by atoms with Gasteiger partial charge in [0, 0.05) is 30.9 Å². The molecule has 1 saturated heterocycles. The van der Waals surface area contributed by atoms with E-state index >= 15 is 0 Å². The van der Waals surface area contributed by atoms with Crippen molar-refractivity contribution in [2.45, 2.75) is 19.4 Å². The fourth-order valence-corrected chi connectivity index (χ4v) is 4.07. The third-order valence-electron chi connectivity index (χ3n) is 5.84. The van der Waals surface area contributed by atoms with Gasteiger partial charge < -0.3 is 25.6 Å². The summed E-state index contributed by atoms with van der Waals surface area (Å²) >= 11 is 0. The average Bonchev–Trinajstić information content (AvgIpc) is 3.41. The van der Waals surface area contributed by atoms with Crippen LogP contribution < -0.4 is 20.9 Å². The molecule has 3 aromatic carbocycles. The fourth-order valence-electron chi connectivity index (χ4n) is 4.07. The van der Waals surface area contributed by atoms with Crippen molar-refractivity contribution in [1.29, 1.82) is 0 Å². The van der Waals surface area contributed by atoms with Gasteiger partial charge in [-0.05, 0) is 66.9 Å². The number of esters is 1. The van der Waals surface area contributed by atoms with Gasteiger partial charge in [0.2, 0.25) is 0 Å². The lowest BCUT2D eigenvalue weighted by Gasteiger charge is -2.22. The number of nitrogens with one attached hydrogen (secondary N) is 3. The highest BCUT2D eigenvalue weighted by Crippen LogP contribution is 2.30. The zero-order valence-corrected chi connectivity index (χ0v) is 19.8. The molecule has 8 nitrogen and oxygen atoms in total. The van der Waals surface area contributed by atoms with Crippen LogP contribution in [0.2, 0.25) is 0 Å². The van der Waals surface area contributed by atoms with E-state index in [-0.39, 0.29) is 18.3 Å². The number of hydrogen-bond donors (Lipinski definition) is 3. The van der Waals surface area contributed by atoms with Crippen LogP contribution >= 0.6 is 0 Å². The van der Waals surface area contributed by atoms with E-state index < -0.39 is 12.0 Å². The average molecular weight is 491 g/mol. The maximum absolute atomic E-state index is 13.4. The van der Waals surface area contributed by atoms with E-state index in [4.69, 9.17) is 4.74 Å². The zero-order valence-electron chi connectivity index (χ0n) is 19.8. The number of nitrogens with zero attached hydrogens (tertiary/aromatic N) is 1. The Kier molecular flexibility index (Phi) is 7.79. The second-order valence-corrected chi connectivity index (χ2v) is 8.39. The van der Waals surface area contributed by atoms with Crippen molar-refractivity contribution in [2.75, 3.05) is 35.7 Å². The topological polar surface area (TPSA) is 99.8 Å². The second-order valence-electron chi connectivity index (χ2n) is 8.39. The molecule has 1 aliphatic rings. The van der Waals surface area contributed by atoms with Crippen molar-refractivity contribution in [3.05, 3.63) is 89.2 Å². The van der Waals surface area contributed by atoms with Crippen LogP contribution in [0.15, 0.2) is 66.7 Å². The smallest absolute Gasteiger partial charge is 0.337 e. The van der Waals surface area contributed by atoms with Crippen LogP contribution in [0.1, 0.15) is 39.1 Å². The summed E-state index contributed by atoms with van der Waals surface area (Å²) < 4.78 is 18.2. The predicted molar refractivity (Wildman–Crippen MR) is 136 cm³/mol.